The zero-order valence-corrected chi connectivity index (χ0v) is 20.3. The molecule has 0 saturated carbocycles. The van der Waals surface area contributed by atoms with Gasteiger partial charge in [-0.3, -0.25) is 9.69 Å². The van der Waals surface area contributed by atoms with E-state index < -0.39 is 0 Å². The highest BCUT2D eigenvalue weighted by atomic mass is 32.1. The summed E-state index contributed by atoms with van der Waals surface area (Å²) in [6.45, 7) is 6.96. The Labute approximate surface area is 204 Å². The molecule has 0 spiro atoms. The third-order valence-electron chi connectivity index (χ3n) is 7.24. The van der Waals surface area contributed by atoms with Crippen LogP contribution in [-0.2, 0) is 11.2 Å². The normalized spacial score (nSPS) is 20.8. The van der Waals surface area contributed by atoms with Crippen LogP contribution in [0, 0.1) is 11.3 Å². The zero-order valence-electron chi connectivity index (χ0n) is 19.5. The van der Waals surface area contributed by atoms with E-state index >= 15 is 0 Å². The average molecular weight is 475 g/mol. The number of thiophene rings is 1. The number of carbonyl (C=O) groups is 1. The summed E-state index contributed by atoms with van der Waals surface area (Å²) in [5, 5.41) is 12.7. The number of carbonyl (C=O) groups excluding carboxylic acids is 1. The molecule has 0 bridgehead atoms. The van der Waals surface area contributed by atoms with Gasteiger partial charge in [-0.05, 0) is 54.7 Å². The Morgan fingerprint density at radius 1 is 1.26 bits per heavy atom. The molecular formula is C27H30N4O2S. The summed E-state index contributed by atoms with van der Waals surface area (Å²) in [4.78, 5) is 16.7. The highest BCUT2D eigenvalue weighted by Crippen LogP contribution is 2.36. The predicted molar refractivity (Wildman–Crippen MR) is 136 cm³/mol. The van der Waals surface area contributed by atoms with Gasteiger partial charge in [0.1, 0.15) is 0 Å². The summed E-state index contributed by atoms with van der Waals surface area (Å²) in [5.74, 6) is -0.376. The van der Waals surface area contributed by atoms with Gasteiger partial charge in [0.05, 0.1) is 30.0 Å². The summed E-state index contributed by atoms with van der Waals surface area (Å²) in [5.41, 5.74) is 10.4. The third-order valence-corrected chi connectivity index (χ3v) is 8.18. The minimum Gasteiger partial charge on any atom is -0.373 e. The number of nitrogens with zero attached hydrogens (tertiary/aromatic N) is 3. The fraction of sp³-hybridized carbons (Fsp3) is 0.407. The number of benzene rings is 2. The highest BCUT2D eigenvalue weighted by Gasteiger charge is 2.29. The lowest BCUT2D eigenvalue weighted by Crippen LogP contribution is -2.53. The number of piperazine rings is 1. The number of fused-ring (bicyclic) bond motifs is 2. The molecule has 1 saturated heterocycles. The molecule has 1 amide bonds. The van der Waals surface area contributed by atoms with Gasteiger partial charge in [0.15, 0.2) is 0 Å². The first kappa shape index (κ1) is 22.9. The first-order valence-electron chi connectivity index (χ1n) is 12.0. The minimum absolute atomic E-state index is 0.0661. The van der Waals surface area contributed by atoms with E-state index in [0.717, 1.165) is 51.0 Å². The van der Waals surface area contributed by atoms with Gasteiger partial charge in [-0.15, -0.1) is 11.3 Å². The number of amides is 1. The second-order valence-corrected chi connectivity index (χ2v) is 10.1. The molecule has 1 aromatic heterocycles. The molecule has 2 aliphatic heterocycles. The Balaban J connectivity index is 1.25. The summed E-state index contributed by atoms with van der Waals surface area (Å²) in [6.07, 6.45) is 2.93. The summed E-state index contributed by atoms with van der Waals surface area (Å²) < 4.78 is 7.31. The van der Waals surface area contributed by atoms with Crippen LogP contribution in [0.5, 0.6) is 0 Å². The van der Waals surface area contributed by atoms with Crippen molar-refractivity contribution in [1.29, 1.82) is 5.26 Å². The third kappa shape index (κ3) is 4.41. The SMILES string of the molecule is CC[C@@H]1CN(c2csc3cc(C#N)ccc23)CCN1CC[C@@H]1OCCc2cc(C(N)=O)ccc21. The van der Waals surface area contributed by atoms with E-state index in [4.69, 9.17) is 10.5 Å². The van der Waals surface area contributed by atoms with Crippen LogP contribution in [0.3, 0.4) is 0 Å². The van der Waals surface area contributed by atoms with Gasteiger partial charge in [-0.25, -0.2) is 0 Å². The van der Waals surface area contributed by atoms with Gasteiger partial charge in [0.2, 0.25) is 5.91 Å². The first-order chi connectivity index (χ1) is 16.6. The Bertz CT molecular complexity index is 1250. The van der Waals surface area contributed by atoms with Crippen LogP contribution in [0.2, 0.25) is 0 Å². The Morgan fingerprint density at radius 3 is 2.94 bits per heavy atom. The maximum atomic E-state index is 11.6. The number of hydrogen-bond donors (Lipinski definition) is 1. The number of anilines is 1. The van der Waals surface area contributed by atoms with Crippen molar-refractivity contribution < 1.29 is 9.53 Å². The molecule has 0 aliphatic carbocycles. The summed E-state index contributed by atoms with van der Waals surface area (Å²) >= 11 is 1.72. The van der Waals surface area contributed by atoms with E-state index in [2.05, 4.69) is 34.2 Å². The predicted octanol–water partition coefficient (Wildman–Crippen LogP) is 4.48. The lowest BCUT2D eigenvalue weighted by atomic mass is 9.93. The lowest BCUT2D eigenvalue weighted by Gasteiger charge is -2.42. The highest BCUT2D eigenvalue weighted by molar-refractivity contribution is 7.17. The standard InChI is InChI=1S/C27H30N4O2S/c1-2-21-16-31(24-17-34-26-13-18(15-28)3-5-23(24)26)11-10-30(21)9-7-25-22-6-4-20(27(29)32)14-19(22)8-12-33-25/h3-6,13-14,17,21,25H,2,7-12,16H2,1H3,(H2,29,32)/t21-,25+/m1/s1. The van der Waals surface area contributed by atoms with E-state index in [1.807, 2.05) is 30.3 Å². The largest absolute Gasteiger partial charge is 0.373 e. The molecule has 7 heteroatoms. The first-order valence-corrected chi connectivity index (χ1v) is 12.9. The van der Waals surface area contributed by atoms with Crippen molar-refractivity contribution in [2.45, 2.75) is 38.3 Å². The van der Waals surface area contributed by atoms with Crippen LogP contribution in [0.4, 0.5) is 5.69 Å². The number of nitriles is 1. The molecule has 0 unspecified atom stereocenters. The van der Waals surface area contributed by atoms with Crippen LogP contribution >= 0.6 is 11.3 Å². The molecule has 3 heterocycles. The van der Waals surface area contributed by atoms with Crippen LogP contribution in [0.1, 0.15) is 52.9 Å². The van der Waals surface area contributed by atoms with Gasteiger partial charge < -0.3 is 15.4 Å². The maximum absolute atomic E-state index is 11.6. The summed E-state index contributed by atoms with van der Waals surface area (Å²) in [7, 11) is 0. The Hall–Kier alpha value is -2.92. The van der Waals surface area contributed by atoms with E-state index in [-0.39, 0.29) is 12.0 Å². The van der Waals surface area contributed by atoms with Gasteiger partial charge in [0, 0.05) is 53.3 Å². The molecule has 2 aromatic carbocycles. The van der Waals surface area contributed by atoms with Crippen LogP contribution in [0.25, 0.3) is 10.1 Å². The minimum atomic E-state index is -0.376. The van der Waals surface area contributed by atoms with Crippen molar-refractivity contribution in [3.63, 3.8) is 0 Å². The molecule has 2 N–H and O–H groups in total. The van der Waals surface area contributed by atoms with Crippen LogP contribution in [-0.4, -0.2) is 49.6 Å². The van der Waals surface area contributed by atoms with Crippen molar-refractivity contribution in [1.82, 2.24) is 4.90 Å². The molecule has 176 valence electrons. The topological polar surface area (TPSA) is 82.6 Å². The summed E-state index contributed by atoms with van der Waals surface area (Å²) in [6, 6.07) is 14.5. The molecule has 2 atom stereocenters. The number of rotatable bonds is 6. The van der Waals surface area contributed by atoms with Gasteiger partial charge in [-0.1, -0.05) is 19.1 Å². The van der Waals surface area contributed by atoms with Gasteiger partial charge >= 0.3 is 0 Å². The van der Waals surface area contributed by atoms with E-state index in [1.54, 1.807) is 11.3 Å². The van der Waals surface area contributed by atoms with Crippen molar-refractivity contribution >= 4 is 33.0 Å². The number of primary amides is 1. The quantitative estimate of drug-likeness (QED) is 0.570. The number of hydrogen-bond acceptors (Lipinski definition) is 6. The van der Waals surface area contributed by atoms with E-state index in [0.29, 0.717) is 18.2 Å². The number of ether oxygens (including phenoxy) is 1. The molecule has 34 heavy (non-hydrogen) atoms. The zero-order chi connectivity index (χ0) is 23.7. The van der Waals surface area contributed by atoms with E-state index in [1.165, 1.54) is 26.9 Å². The number of nitrogens with two attached hydrogens (primary N) is 1. The molecule has 6 nitrogen and oxygen atoms in total. The molecule has 3 aromatic rings. The van der Waals surface area contributed by atoms with Gasteiger partial charge in [-0.2, -0.15) is 5.26 Å². The van der Waals surface area contributed by atoms with Crippen LogP contribution in [0.15, 0.2) is 41.8 Å². The molecule has 0 radical (unpaired) electrons. The second kappa shape index (κ2) is 9.75. The molecule has 1 fully saturated rings. The van der Waals surface area contributed by atoms with E-state index in [9.17, 15) is 10.1 Å². The molecular weight excluding hydrogens is 444 g/mol. The Kier molecular flexibility index (Phi) is 6.55. The maximum Gasteiger partial charge on any atom is 0.248 e. The van der Waals surface area contributed by atoms with Crippen LogP contribution < -0.4 is 10.6 Å². The van der Waals surface area contributed by atoms with Crippen molar-refractivity contribution in [2.75, 3.05) is 37.7 Å². The van der Waals surface area contributed by atoms with Crippen molar-refractivity contribution in [2.24, 2.45) is 5.73 Å². The average Bonchev–Trinajstić information content (AvgIpc) is 3.30. The molecule has 2 aliphatic rings. The fourth-order valence-corrected chi connectivity index (χ4v) is 6.34. The lowest BCUT2D eigenvalue weighted by molar-refractivity contribution is 0.0244. The molecule has 5 rings (SSSR count). The fourth-order valence-electron chi connectivity index (χ4n) is 5.33. The van der Waals surface area contributed by atoms with Crippen molar-refractivity contribution in [3.8, 4) is 6.07 Å². The van der Waals surface area contributed by atoms with Crippen molar-refractivity contribution in [3.05, 3.63) is 64.0 Å². The van der Waals surface area contributed by atoms with Gasteiger partial charge in [0.25, 0.3) is 0 Å². The monoisotopic (exact) mass is 474 g/mol. The second-order valence-electron chi connectivity index (χ2n) is 9.16. The Morgan fingerprint density at radius 2 is 2.15 bits per heavy atom. The smallest absolute Gasteiger partial charge is 0.248 e.